The van der Waals surface area contributed by atoms with Gasteiger partial charge in [-0.25, -0.2) is 4.98 Å². The van der Waals surface area contributed by atoms with Crippen molar-refractivity contribution in [2.75, 3.05) is 0 Å². The fourth-order valence-electron chi connectivity index (χ4n) is 6.90. The third kappa shape index (κ3) is 4.54. The Kier molecular flexibility index (Phi) is 5.35. The third-order valence-electron chi connectivity index (χ3n) is 8.88. The maximum Gasteiger partial charge on any atom is 0.145 e. The van der Waals surface area contributed by atoms with Gasteiger partial charge in [-0.1, -0.05) is 158 Å². The second kappa shape index (κ2) is 11.3. The molecule has 0 bridgehead atoms. The van der Waals surface area contributed by atoms with E-state index in [1.807, 2.05) is 84.9 Å². The number of nitrogens with zero attached hydrogens (tertiary/aromatic N) is 2. The zero-order valence-electron chi connectivity index (χ0n) is 30.3. The van der Waals surface area contributed by atoms with Gasteiger partial charge >= 0.3 is 0 Å². The molecule has 0 aliphatic rings. The second-order valence-corrected chi connectivity index (χ2v) is 11.6. The van der Waals surface area contributed by atoms with Crippen molar-refractivity contribution < 1.29 is 6.85 Å². The van der Waals surface area contributed by atoms with Crippen LogP contribution in [0.1, 0.15) is 6.85 Å². The molecule has 2 nitrogen and oxygen atoms in total. The van der Waals surface area contributed by atoms with Crippen molar-refractivity contribution in [2.45, 2.75) is 0 Å². The lowest BCUT2D eigenvalue weighted by Crippen LogP contribution is -1.98. The normalized spacial score (nSPS) is 12.9. The molecular formula is C45H30N2. The Labute approximate surface area is 280 Å². The van der Waals surface area contributed by atoms with Crippen LogP contribution in [0.3, 0.4) is 0 Å². The number of para-hydroxylation sites is 2. The van der Waals surface area contributed by atoms with E-state index in [-0.39, 0.29) is 29.7 Å². The first kappa shape index (κ1) is 22.3. The Morgan fingerprint density at radius 3 is 1.74 bits per heavy atom. The molecule has 1 aromatic heterocycles. The number of rotatable bonds is 5. The Balaban J connectivity index is 1.32. The van der Waals surface area contributed by atoms with Crippen molar-refractivity contribution in [2.24, 2.45) is 0 Å². The zero-order valence-corrected chi connectivity index (χ0v) is 25.3. The van der Waals surface area contributed by atoms with Crippen molar-refractivity contribution in [3.05, 3.63) is 182 Å². The Hall–Kier alpha value is -6.25. The van der Waals surface area contributed by atoms with Gasteiger partial charge in [0.05, 0.1) is 17.9 Å². The molecule has 0 radical (unpaired) electrons. The summed E-state index contributed by atoms with van der Waals surface area (Å²) in [6.45, 7) is 0. The van der Waals surface area contributed by atoms with Gasteiger partial charge in [0.25, 0.3) is 0 Å². The second-order valence-electron chi connectivity index (χ2n) is 11.6. The van der Waals surface area contributed by atoms with E-state index in [9.17, 15) is 0 Å². The van der Waals surface area contributed by atoms with Crippen molar-refractivity contribution >= 4 is 32.6 Å². The summed E-state index contributed by atoms with van der Waals surface area (Å²) in [5, 5.41) is 4.09. The summed E-state index contributed by atoms with van der Waals surface area (Å²) in [4.78, 5) is 5.07. The highest BCUT2D eigenvalue weighted by Crippen LogP contribution is 2.46. The molecule has 0 unspecified atom stereocenters. The first-order chi connectivity index (χ1) is 25.4. The van der Waals surface area contributed by atoms with Crippen molar-refractivity contribution in [3.63, 3.8) is 0 Å². The van der Waals surface area contributed by atoms with E-state index in [2.05, 4.69) is 71.3 Å². The van der Waals surface area contributed by atoms with Crippen LogP contribution in [0.15, 0.2) is 182 Å². The van der Waals surface area contributed by atoms with Gasteiger partial charge in [0.2, 0.25) is 0 Å². The maximum atomic E-state index is 8.83. The monoisotopic (exact) mass is 603 g/mol. The van der Waals surface area contributed by atoms with Gasteiger partial charge in [-0.3, -0.25) is 4.57 Å². The van der Waals surface area contributed by atoms with E-state index in [0.29, 0.717) is 5.56 Å². The van der Waals surface area contributed by atoms with Crippen LogP contribution >= 0.6 is 0 Å². The summed E-state index contributed by atoms with van der Waals surface area (Å²) < 4.78 is 44.9. The van der Waals surface area contributed by atoms with Crippen molar-refractivity contribution in [3.8, 4) is 50.5 Å². The SMILES string of the molecule is [2H]c1c([2H])c([2H])c(-c2ccccc2-c2c3ccccc3c(-c3cccc(-n4c(-c5ccccc5)nc5ccccc54)c3)c3ccccc23)c([2H])c1[2H]. The van der Waals surface area contributed by atoms with Crippen molar-refractivity contribution in [1.29, 1.82) is 0 Å². The molecule has 0 N–H and O–H groups in total. The summed E-state index contributed by atoms with van der Waals surface area (Å²) in [6, 6.07) is 49.8. The molecule has 9 aromatic rings. The smallest absolute Gasteiger partial charge is 0.145 e. The molecule has 0 aliphatic carbocycles. The van der Waals surface area contributed by atoms with Gasteiger partial charge < -0.3 is 0 Å². The van der Waals surface area contributed by atoms with Crippen LogP contribution in [0.4, 0.5) is 0 Å². The van der Waals surface area contributed by atoms with Crippen LogP contribution in [-0.4, -0.2) is 9.55 Å². The number of aromatic nitrogens is 2. The van der Waals surface area contributed by atoms with Gasteiger partial charge in [-0.05, 0) is 79.2 Å². The first-order valence-corrected chi connectivity index (χ1v) is 15.7. The minimum atomic E-state index is -0.404. The lowest BCUT2D eigenvalue weighted by Gasteiger charge is -2.20. The van der Waals surface area contributed by atoms with E-state index in [0.717, 1.165) is 71.9 Å². The van der Waals surface area contributed by atoms with Gasteiger partial charge in [0.1, 0.15) is 5.82 Å². The van der Waals surface area contributed by atoms with E-state index >= 15 is 0 Å². The Morgan fingerprint density at radius 1 is 0.447 bits per heavy atom. The minimum Gasteiger partial charge on any atom is -0.292 e. The highest BCUT2D eigenvalue weighted by Gasteiger charge is 2.20. The molecule has 8 aromatic carbocycles. The number of imidazole rings is 1. The van der Waals surface area contributed by atoms with Crippen LogP contribution in [0.5, 0.6) is 0 Å². The highest BCUT2D eigenvalue weighted by molar-refractivity contribution is 6.22. The summed E-state index contributed by atoms with van der Waals surface area (Å²) in [6.07, 6.45) is 0. The molecule has 0 saturated carbocycles. The summed E-state index contributed by atoms with van der Waals surface area (Å²) in [5.41, 5.74) is 8.62. The predicted molar refractivity (Wildman–Crippen MR) is 198 cm³/mol. The van der Waals surface area contributed by atoms with Crippen LogP contribution < -0.4 is 0 Å². The van der Waals surface area contributed by atoms with Gasteiger partial charge in [0, 0.05) is 11.3 Å². The average Bonchev–Trinajstić information content (AvgIpc) is 3.59. The molecule has 0 saturated heterocycles. The fraction of sp³-hybridized carbons (Fsp3) is 0. The quantitative estimate of drug-likeness (QED) is 0.179. The lowest BCUT2D eigenvalue weighted by atomic mass is 9.84. The summed E-state index contributed by atoms with van der Waals surface area (Å²) in [7, 11) is 0. The molecule has 9 rings (SSSR count). The first-order valence-electron chi connectivity index (χ1n) is 18.2. The molecule has 0 atom stereocenters. The van der Waals surface area contributed by atoms with E-state index in [1.54, 1.807) is 0 Å². The molecule has 220 valence electrons. The number of hydrogen-bond acceptors (Lipinski definition) is 1. The topological polar surface area (TPSA) is 17.8 Å². The van der Waals surface area contributed by atoms with E-state index < -0.39 is 6.04 Å². The standard InChI is InChI=1S/C45H30N2/c1-3-16-31(17-4-1)35-22-7-8-23-36(35)44-39-26-11-9-24-37(39)43(38-25-10-12-27-40(38)44)33-20-15-21-34(30-33)47-42-29-14-13-28-41(42)46-45(47)32-18-5-2-6-19-32/h1-30H/i1D,3D,4D,16D,17D. The third-order valence-corrected chi connectivity index (χ3v) is 8.88. The average molecular weight is 604 g/mol. The van der Waals surface area contributed by atoms with Gasteiger partial charge in [0.15, 0.2) is 0 Å². The Bertz CT molecular complexity index is 2770. The highest BCUT2D eigenvalue weighted by atomic mass is 15.1. The number of hydrogen-bond donors (Lipinski definition) is 0. The number of benzene rings is 8. The lowest BCUT2D eigenvalue weighted by molar-refractivity contribution is 1.10. The molecule has 0 spiro atoms. The predicted octanol–water partition coefficient (Wildman–Crippen LogP) is 12.0. The van der Waals surface area contributed by atoms with E-state index in [4.69, 9.17) is 11.8 Å². The molecule has 0 amide bonds. The van der Waals surface area contributed by atoms with Gasteiger partial charge in [-0.2, -0.15) is 0 Å². The fourth-order valence-corrected chi connectivity index (χ4v) is 6.90. The zero-order chi connectivity index (χ0) is 35.5. The summed E-state index contributed by atoms with van der Waals surface area (Å²) >= 11 is 0. The minimum absolute atomic E-state index is 0.188. The molecule has 2 heteroatoms. The van der Waals surface area contributed by atoms with Gasteiger partial charge in [-0.15, -0.1) is 0 Å². The molecular weight excluding hydrogens is 569 g/mol. The van der Waals surface area contributed by atoms with Crippen LogP contribution in [0, 0.1) is 0 Å². The molecule has 47 heavy (non-hydrogen) atoms. The molecule has 1 heterocycles. The summed E-state index contributed by atoms with van der Waals surface area (Å²) in [5.74, 6) is 0.869. The molecule has 0 aliphatic heterocycles. The van der Waals surface area contributed by atoms with Crippen LogP contribution in [-0.2, 0) is 0 Å². The maximum absolute atomic E-state index is 8.83. The van der Waals surface area contributed by atoms with Crippen LogP contribution in [0.2, 0.25) is 0 Å². The van der Waals surface area contributed by atoms with Crippen LogP contribution in [0.25, 0.3) is 83.0 Å². The van der Waals surface area contributed by atoms with Crippen molar-refractivity contribution in [1.82, 2.24) is 9.55 Å². The largest absolute Gasteiger partial charge is 0.292 e. The van der Waals surface area contributed by atoms with E-state index in [1.165, 1.54) is 0 Å². The number of fused-ring (bicyclic) bond motifs is 3. The Morgan fingerprint density at radius 2 is 1.02 bits per heavy atom. The molecule has 0 fully saturated rings.